The highest BCUT2D eigenvalue weighted by atomic mass is 19.1. The van der Waals surface area contributed by atoms with Crippen LogP contribution in [-0.2, 0) is 6.42 Å². The van der Waals surface area contributed by atoms with Crippen LogP contribution in [0, 0.1) is 11.6 Å². The van der Waals surface area contributed by atoms with E-state index in [9.17, 15) is 13.6 Å². The second kappa shape index (κ2) is 8.97. The number of amides is 1. The third kappa shape index (κ3) is 4.55. The minimum absolute atomic E-state index is 0.0429. The maximum atomic E-state index is 14.0. The molecule has 1 atom stereocenters. The summed E-state index contributed by atoms with van der Waals surface area (Å²) in [5.41, 5.74) is 1.49. The molecule has 1 amide bonds. The van der Waals surface area contributed by atoms with Gasteiger partial charge in [-0.25, -0.2) is 13.8 Å². The van der Waals surface area contributed by atoms with Crippen molar-refractivity contribution in [2.24, 2.45) is 0 Å². The van der Waals surface area contributed by atoms with Gasteiger partial charge in [0.2, 0.25) is 5.76 Å². The lowest BCUT2D eigenvalue weighted by Gasteiger charge is -2.30. The first-order chi connectivity index (χ1) is 16.1. The number of benzene rings is 2. The van der Waals surface area contributed by atoms with E-state index >= 15 is 0 Å². The summed E-state index contributed by atoms with van der Waals surface area (Å²) in [6.07, 6.45) is 3.83. The standard InChI is InChI=1S/C25H21F2N3O3/c26-18-9-7-16(8-10-18)12-19-14-28-24(32-19)17-4-3-11-30(15-17)25(31)23-13-22(29-33-23)20-5-1-2-6-21(20)27/h1-2,5-10,13-14,17H,3-4,11-12,15H2. The maximum Gasteiger partial charge on any atom is 0.292 e. The second-order valence-corrected chi connectivity index (χ2v) is 8.11. The third-order valence-corrected chi connectivity index (χ3v) is 5.79. The first kappa shape index (κ1) is 21.1. The van der Waals surface area contributed by atoms with E-state index in [0.29, 0.717) is 31.2 Å². The van der Waals surface area contributed by atoms with Gasteiger partial charge in [0, 0.05) is 31.1 Å². The van der Waals surface area contributed by atoms with Crippen molar-refractivity contribution in [2.75, 3.05) is 13.1 Å². The summed E-state index contributed by atoms with van der Waals surface area (Å²) in [6, 6.07) is 13.9. The number of oxazole rings is 1. The monoisotopic (exact) mass is 449 g/mol. The average Bonchev–Trinajstić information content (AvgIpc) is 3.51. The lowest BCUT2D eigenvalue weighted by atomic mass is 9.97. The van der Waals surface area contributed by atoms with Gasteiger partial charge in [0.05, 0.1) is 12.1 Å². The van der Waals surface area contributed by atoms with Crippen LogP contribution in [-0.4, -0.2) is 34.0 Å². The maximum absolute atomic E-state index is 14.0. The molecule has 8 heteroatoms. The van der Waals surface area contributed by atoms with Crippen LogP contribution in [0.1, 0.15) is 46.5 Å². The highest BCUT2D eigenvalue weighted by Crippen LogP contribution is 2.29. The molecule has 33 heavy (non-hydrogen) atoms. The number of carbonyl (C=O) groups is 1. The average molecular weight is 449 g/mol. The lowest BCUT2D eigenvalue weighted by molar-refractivity contribution is 0.0656. The number of rotatable bonds is 5. The molecule has 1 aliphatic rings. The van der Waals surface area contributed by atoms with Gasteiger partial charge >= 0.3 is 0 Å². The summed E-state index contributed by atoms with van der Waals surface area (Å²) >= 11 is 0. The van der Waals surface area contributed by atoms with Crippen molar-refractivity contribution in [2.45, 2.75) is 25.2 Å². The quantitative estimate of drug-likeness (QED) is 0.418. The van der Waals surface area contributed by atoms with Crippen LogP contribution in [0.25, 0.3) is 11.3 Å². The molecule has 0 saturated carbocycles. The Kier molecular flexibility index (Phi) is 5.73. The van der Waals surface area contributed by atoms with Gasteiger partial charge in [-0.15, -0.1) is 0 Å². The van der Waals surface area contributed by atoms with E-state index in [1.807, 2.05) is 0 Å². The number of nitrogens with zero attached hydrogens (tertiary/aromatic N) is 3. The number of halogens is 2. The first-order valence-electron chi connectivity index (χ1n) is 10.8. The molecule has 2 aromatic heterocycles. The zero-order chi connectivity index (χ0) is 22.8. The predicted octanol–water partition coefficient (Wildman–Crippen LogP) is 5.22. The van der Waals surface area contributed by atoms with Gasteiger partial charge in [-0.1, -0.05) is 29.4 Å². The molecule has 5 rings (SSSR count). The fourth-order valence-corrected chi connectivity index (χ4v) is 4.09. The van der Waals surface area contributed by atoms with Crippen molar-refractivity contribution < 1.29 is 22.5 Å². The molecule has 3 heterocycles. The van der Waals surface area contributed by atoms with E-state index in [1.165, 1.54) is 24.3 Å². The van der Waals surface area contributed by atoms with Crippen LogP contribution in [0.5, 0.6) is 0 Å². The molecule has 6 nitrogen and oxygen atoms in total. The molecule has 0 bridgehead atoms. The highest BCUT2D eigenvalue weighted by molar-refractivity contribution is 5.92. The van der Waals surface area contributed by atoms with E-state index in [1.54, 1.807) is 41.4 Å². The smallest absolute Gasteiger partial charge is 0.292 e. The fourth-order valence-electron chi connectivity index (χ4n) is 4.09. The predicted molar refractivity (Wildman–Crippen MR) is 115 cm³/mol. The van der Waals surface area contributed by atoms with Gasteiger partial charge < -0.3 is 13.8 Å². The van der Waals surface area contributed by atoms with Crippen LogP contribution >= 0.6 is 0 Å². The van der Waals surface area contributed by atoms with Crippen molar-refractivity contribution in [1.82, 2.24) is 15.0 Å². The Bertz CT molecular complexity index is 1270. The van der Waals surface area contributed by atoms with Crippen LogP contribution in [0.2, 0.25) is 0 Å². The Hall–Kier alpha value is -3.81. The Labute approximate surface area is 188 Å². The summed E-state index contributed by atoms with van der Waals surface area (Å²) in [4.78, 5) is 19.1. The molecular formula is C25H21F2N3O3. The van der Waals surface area contributed by atoms with Crippen LogP contribution in [0.4, 0.5) is 8.78 Å². The molecular weight excluding hydrogens is 428 g/mol. The minimum Gasteiger partial charge on any atom is -0.445 e. The van der Waals surface area contributed by atoms with Gasteiger partial charge in [0.25, 0.3) is 5.91 Å². The van der Waals surface area contributed by atoms with Crippen molar-refractivity contribution in [1.29, 1.82) is 0 Å². The Balaban J connectivity index is 1.26. The van der Waals surface area contributed by atoms with Gasteiger partial charge in [0.15, 0.2) is 5.89 Å². The summed E-state index contributed by atoms with van der Waals surface area (Å²) in [5, 5.41) is 3.87. The number of piperidine rings is 1. The Morgan fingerprint density at radius 2 is 1.94 bits per heavy atom. The normalized spacial score (nSPS) is 16.2. The number of likely N-dealkylation sites (tertiary alicyclic amines) is 1. The summed E-state index contributed by atoms with van der Waals surface area (Å²) < 4.78 is 38.3. The minimum atomic E-state index is -0.428. The molecule has 1 saturated heterocycles. The van der Waals surface area contributed by atoms with Crippen molar-refractivity contribution in [3.05, 3.63) is 95.4 Å². The molecule has 1 fully saturated rings. The summed E-state index contributed by atoms with van der Waals surface area (Å²) in [7, 11) is 0. The zero-order valence-corrected chi connectivity index (χ0v) is 17.7. The van der Waals surface area contributed by atoms with Crippen LogP contribution < -0.4 is 0 Å². The van der Waals surface area contributed by atoms with E-state index in [0.717, 1.165) is 18.4 Å². The number of aromatic nitrogens is 2. The van der Waals surface area contributed by atoms with Crippen molar-refractivity contribution in [3.63, 3.8) is 0 Å². The van der Waals surface area contributed by atoms with E-state index in [-0.39, 0.29) is 34.7 Å². The van der Waals surface area contributed by atoms with E-state index in [2.05, 4.69) is 10.1 Å². The molecule has 2 aromatic carbocycles. The second-order valence-electron chi connectivity index (χ2n) is 8.11. The zero-order valence-electron chi connectivity index (χ0n) is 17.7. The topological polar surface area (TPSA) is 72.4 Å². The van der Waals surface area contributed by atoms with Crippen LogP contribution in [0.3, 0.4) is 0 Å². The molecule has 4 aromatic rings. The van der Waals surface area contributed by atoms with E-state index < -0.39 is 5.82 Å². The molecule has 1 unspecified atom stereocenters. The van der Waals surface area contributed by atoms with Crippen molar-refractivity contribution in [3.8, 4) is 11.3 Å². The molecule has 0 spiro atoms. The van der Waals surface area contributed by atoms with Gasteiger partial charge in [0.1, 0.15) is 23.1 Å². The Morgan fingerprint density at radius 3 is 2.76 bits per heavy atom. The lowest BCUT2D eigenvalue weighted by Crippen LogP contribution is -2.39. The molecule has 0 N–H and O–H groups in total. The summed E-state index contributed by atoms with van der Waals surface area (Å²) in [5.74, 6) is 0.281. The molecule has 168 valence electrons. The Morgan fingerprint density at radius 1 is 1.12 bits per heavy atom. The largest absolute Gasteiger partial charge is 0.445 e. The van der Waals surface area contributed by atoms with Gasteiger partial charge in [-0.3, -0.25) is 4.79 Å². The molecule has 0 radical (unpaired) electrons. The summed E-state index contributed by atoms with van der Waals surface area (Å²) in [6.45, 7) is 1.01. The first-order valence-corrected chi connectivity index (χ1v) is 10.8. The van der Waals surface area contributed by atoms with Gasteiger partial charge in [-0.05, 0) is 42.7 Å². The van der Waals surface area contributed by atoms with Crippen molar-refractivity contribution >= 4 is 5.91 Å². The number of hydrogen-bond acceptors (Lipinski definition) is 5. The molecule has 0 aliphatic carbocycles. The van der Waals surface area contributed by atoms with E-state index in [4.69, 9.17) is 8.94 Å². The van der Waals surface area contributed by atoms with Crippen LogP contribution in [0.15, 0.2) is 69.7 Å². The number of hydrogen-bond donors (Lipinski definition) is 0. The number of carbonyl (C=O) groups excluding carboxylic acids is 1. The fraction of sp³-hybridized carbons (Fsp3) is 0.240. The highest BCUT2D eigenvalue weighted by Gasteiger charge is 2.30. The third-order valence-electron chi connectivity index (χ3n) is 5.79. The van der Waals surface area contributed by atoms with Gasteiger partial charge in [-0.2, -0.15) is 0 Å². The molecule has 1 aliphatic heterocycles. The SMILES string of the molecule is O=C(c1cc(-c2ccccc2F)no1)N1CCCC(c2ncc(Cc3ccc(F)cc3)o2)C1.